The van der Waals surface area contributed by atoms with Gasteiger partial charge in [-0.05, 0) is 62.5 Å². The number of carbonyl (C=O) groups is 1. The first-order valence-corrected chi connectivity index (χ1v) is 8.99. The van der Waals surface area contributed by atoms with Gasteiger partial charge in [0.25, 0.3) is 5.91 Å². The van der Waals surface area contributed by atoms with E-state index in [9.17, 15) is 4.79 Å². The summed E-state index contributed by atoms with van der Waals surface area (Å²) in [5.41, 5.74) is 1.21. The summed E-state index contributed by atoms with van der Waals surface area (Å²) in [6, 6.07) is 14.2. The molecule has 6 nitrogen and oxygen atoms in total. The molecule has 0 saturated carbocycles. The molecular weight excluding hydrogens is 364 g/mol. The Bertz CT molecular complexity index is 763. The highest BCUT2D eigenvalue weighted by Crippen LogP contribution is 2.17. The number of amides is 1. The fourth-order valence-corrected chi connectivity index (χ4v) is 2.41. The number of benzene rings is 2. The van der Waals surface area contributed by atoms with Crippen LogP contribution in [-0.4, -0.2) is 37.4 Å². The van der Waals surface area contributed by atoms with E-state index in [2.05, 4.69) is 10.6 Å². The SMILES string of the molecule is COCCOc1cccc(NC(=S)NC(=O)c2ccc(OC(C)C)cc2)c1. The van der Waals surface area contributed by atoms with Crippen molar-refractivity contribution in [3.8, 4) is 11.5 Å². The minimum atomic E-state index is -0.295. The highest BCUT2D eigenvalue weighted by molar-refractivity contribution is 7.80. The number of nitrogens with one attached hydrogen (secondary N) is 2. The minimum Gasteiger partial charge on any atom is -0.491 e. The number of thiocarbonyl (C=S) groups is 1. The Morgan fingerprint density at radius 2 is 1.81 bits per heavy atom. The molecule has 0 saturated heterocycles. The monoisotopic (exact) mass is 388 g/mol. The van der Waals surface area contributed by atoms with Crippen LogP contribution in [0.15, 0.2) is 48.5 Å². The maximum atomic E-state index is 12.3. The van der Waals surface area contributed by atoms with Crippen LogP contribution in [0, 0.1) is 0 Å². The van der Waals surface area contributed by atoms with Crippen LogP contribution in [0.2, 0.25) is 0 Å². The topological polar surface area (TPSA) is 68.8 Å². The number of ether oxygens (including phenoxy) is 3. The lowest BCUT2D eigenvalue weighted by Gasteiger charge is -2.12. The molecule has 27 heavy (non-hydrogen) atoms. The molecule has 1 amide bonds. The largest absolute Gasteiger partial charge is 0.491 e. The third-order valence-corrected chi connectivity index (χ3v) is 3.57. The number of rotatable bonds is 8. The molecular formula is C20H24N2O4S. The summed E-state index contributed by atoms with van der Waals surface area (Å²) in [5, 5.41) is 5.84. The van der Waals surface area contributed by atoms with Crippen LogP contribution in [0.25, 0.3) is 0 Å². The molecule has 0 spiro atoms. The smallest absolute Gasteiger partial charge is 0.257 e. The number of anilines is 1. The van der Waals surface area contributed by atoms with Crippen molar-refractivity contribution in [1.82, 2.24) is 5.32 Å². The maximum absolute atomic E-state index is 12.3. The summed E-state index contributed by atoms with van der Waals surface area (Å²) in [5.74, 6) is 1.11. The number of methoxy groups -OCH3 is 1. The van der Waals surface area contributed by atoms with E-state index in [4.69, 9.17) is 26.4 Å². The van der Waals surface area contributed by atoms with E-state index in [1.165, 1.54) is 0 Å². The molecule has 0 aliphatic rings. The predicted octanol–water partition coefficient (Wildman–Crippen LogP) is 3.63. The van der Waals surface area contributed by atoms with Crippen LogP contribution in [-0.2, 0) is 4.74 Å². The molecule has 0 aliphatic carbocycles. The van der Waals surface area contributed by atoms with Gasteiger partial charge in [0.15, 0.2) is 5.11 Å². The van der Waals surface area contributed by atoms with Gasteiger partial charge in [-0.2, -0.15) is 0 Å². The van der Waals surface area contributed by atoms with Gasteiger partial charge in [-0.1, -0.05) is 6.07 Å². The van der Waals surface area contributed by atoms with Gasteiger partial charge < -0.3 is 19.5 Å². The van der Waals surface area contributed by atoms with E-state index >= 15 is 0 Å². The predicted molar refractivity (Wildman–Crippen MR) is 110 cm³/mol. The highest BCUT2D eigenvalue weighted by atomic mass is 32.1. The molecule has 2 rings (SSSR count). The summed E-state index contributed by atoms with van der Waals surface area (Å²) in [6.07, 6.45) is 0.0793. The number of hydrogen-bond donors (Lipinski definition) is 2. The van der Waals surface area contributed by atoms with Crippen molar-refractivity contribution in [2.75, 3.05) is 25.6 Å². The van der Waals surface area contributed by atoms with Crippen molar-refractivity contribution >= 4 is 28.9 Å². The summed E-state index contributed by atoms with van der Waals surface area (Å²) >= 11 is 5.22. The van der Waals surface area contributed by atoms with Gasteiger partial charge in [-0.3, -0.25) is 10.1 Å². The van der Waals surface area contributed by atoms with Crippen molar-refractivity contribution < 1.29 is 19.0 Å². The highest BCUT2D eigenvalue weighted by Gasteiger charge is 2.09. The molecule has 0 aromatic heterocycles. The quantitative estimate of drug-likeness (QED) is 0.532. The number of carbonyl (C=O) groups excluding carboxylic acids is 1. The molecule has 0 bridgehead atoms. The van der Waals surface area contributed by atoms with Gasteiger partial charge in [0, 0.05) is 24.4 Å². The Morgan fingerprint density at radius 1 is 1.07 bits per heavy atom. The molecule has 0 fully saturated rings. The lowest BCUT2D eigenvalue weighted by Crippen LogP contribution is -2.34. The molecule has 0 heterocycles. The van der Waals surface area contributed by atoms with Gasteiger partial charge >= 0.3 is 0 Å². The third kappa shape index (κ3) is 7.24. The van der Waals surface area contributed by atoms with Crippen molar-refractivity contribution in [3.63, 3.8) is 0 Å². The van der Waals surface area contributed by atoms with Gasteiger partial charge in [-0.15, -0.1) is 0 Å². The van der Waals surface area contributed by atoms with Gasteiger partial charge in [-0.25, -0.2) is 0 Å². The van der Waals surface area contributed by atoms with Crippen LogP contribution < -0.4 is 20.1 Å². The lowest BCUT2D eigenvalue weighted by molar-refractivity contribution is 0.0977. The molecule has 144 valence electrons. The zero-order valence-corrected chi connectivity index (χ0v) is 16.5. The molecule has 2 aromatic carbocycles. The molecule has 0 unspecified atom stereocenters. The maximum Gasteiger partial charge on any atom is 0.257 e. The van der Waals surface area contributed by atoms with Crippen LogP contribution in [0.5, 0.6) is 11.5 Å². The fraction of sp³-hybridized carbons (Fsp3) is 0.300. The average molecular weight is 388 g/mol. The summed E-state index contributed by atoms with van der Waals surface area (Å²) < 4.78 is 16.1. The zero-order chi connectivity index (χ0) is 19.6. The first-order chi connectivity index (χ1) is 13.0. The Hall–Kier alpha value is -2.64. The van der Waals surface area contributed by atoms with E-state index in [1.54, 1.807) is 37.4 Å². The summed E-state index contributed by atoms with van der Waals surface area (Å²) in [6.45, 7) is 4.86. The van der Waals surface area contributed by atoms with E-state index in [0.29, 0.717) is 30.3 Å². The van der Waals surface area contributed by atoms with Crippen LogP contribution >= 0.6 is 12.2 Å². The third-order valence-electron chi connectivity index (χ3n) is 3.36. The van der Waals surface area contributed by atoms with Crippen LogP contribution in [0.1, 0.15) is 24.2 Å². The second-order valence-corrected chi connectivity index (χ2v) is 6.38. The normalized spacial score (nSPS) is 10.4. The first-order valence-electron chi connectivity index (χ1n) is 8.59. The Balaban J connectivity index is 1.89. The van der Waals surface area contributed by atoms with Gasteiger partial charge in [0.2, 0.25) is 0 Å². The Morgan fingerprint density at radius 3 is 2.48 bits per heavy atom. The Labute approximate surface area is 164 Å². The lowest BCUT2D eigenvalue weighted by atomic mass is 10.2. The van der Waals surface area contributed by atoms with E-state index in [-0.39, 0.29) is 17.1 Å². The van der Waals surface area contributed by atoms with E-state index in [0.717, 1.165) is 5.69 Å². The second-order valence-electron chi connectivity index (χ2n) is 5.97. The molecule has 0 aliphatic heterocycles. The van der Waals surface area contributed by atoms with Crippen molar-refractivity contribution in [3.05, 3.63) is 54.1 Å². The van der Waals surface area contributed by atoms with Gasteiger partial charge in [0.1, 0.15) is 18.1 Å². The zero-order valence-electron chi connectivity index (χ0n) is 15.7. The fourth-order valence-electron chi connectivity index (χ4n) is 2.20. The summed E-state index contributed by atoms with van der Waals surface area (Å²) in [7, 11) is 1.62. The van der Waals surface area contributed by atoms with Crippen molar-refractivity contribution in [2.24, 2.45) is 0 Å². The van der Waals surface area contributed by atoms with Crippen molar-refractivity contribution in [1.29, 1.82) is 0 Å². The molecule has 0 radical (unpaired) electrons. The molecule has 2 aromatic rings. The standard InChI is InChI=1S/C20H24N2O4S/c1-14(2)26-17-9-7-15(8-10-17)19(23)22-20(27)21-16-5-4-6-18(13-16)25-12-11-24-3/h4-10,13-14H,11-12H2,1-3H3,(H2,21,22,23,27). The van der Waals surface area contributed by atoms with Crippen LogP contribution in [0.3, 0.4) is 0 Å². The number of hydrogen-bond acceptors (Lipinski definition) is 5. The minimum absolute atomic E-state index is 0.0793. The molecule has 0 atom stereocenters. The average Bonchev–Trinajstić information content (AvgIpc) is 2.62. The van der Waals surface area contributed by atoms with Crippen LogP contribution in [0.4, 0.5) is 5.69 Å². The van der Waals surface area contributed by atoms with Gasteiger partial charge in [0.05, 0.1) is 12.7 Å². The molecule has 2 N–H and O–H groups in total. The van der Waals surface area contributed by atoms with Crippen molar-refractivity contribution in [2.45, 2.75) is 20.0 Å². The van der Waals surface area contributed by atoms with E-state index < -0.39 is 0 Å². The Kier molecular flexibility index (Phi) is 8.03. The first kappa shape index (κ1) is 20.7. The molecule has 7 heteroatoms. The summed E-state index contributed by atoms with van der Waals surface area (Å²) in [4.78, 5) is 12.3. The van der Waals surface area contributed by atoms with E-state index in [1.807, 2.05) is 32.0 Å². The second kappa shape index (κ2) is 10.5.